The minimum atomic E-state index is -1.22. The SMILES string of the molecule is COCc1ccc(COc2ccc(C3(N)CCN(C(CC(C)C)C(=O)NO)C3=O)cc2)cc1. The van der Waals surface area contributed by atoms with E-state index in [1.165, 1.54) is 4.90 Å². The number of amides is 2. The van der Waals surface area contributed by atoms with Gasteiger partial charge in [-0.15, -0.1) is 0 Å². The molecule has 33 heavy (non-hydrogen) atoms. The van der Waals surface area contributed by atoms with Crippen molar-refractivity contribution in [3.8, 4) is 5.75 Å². The van der Waals surface area contributed by atoms with Crippen LogP contribution in [-0.2, 0) is 33.1 Å². The molecule has 3 rings (SSSR count). The molecule has 0 aliphatic carbocycles. The standard InChI is InChI=1S/C25H33N3O5/c1-17(2)14-22(23(29)27-31)28-13-12-25(26,24(28)30)20-8-10-21(11-9-20)33-16-19-6-4-18(5-7-19)15-32-3/h4-11,17,22,31H,12-16,26H2,1-3H3,(H,27,29). The van der Waals surface area contributed by atoms with Crippen molar-refractivity contribution in [1.29, 1.82) is 0 Å². The lowest BCUT2D eigenvalue weighted by molar-refractivity contribution is -0.144. The molecule has 0 bridgehead atoms. The molecule has 1 fully saturated rings. The minimum absolute atomic E-state index is 0.167. The Kier molecular flexibility index (Phi) is 8.07. The lowest BCUT2D eigenvalue weighted by Gasteiger charge is -2.30. The van der Waals surface area contributed by atoms with Gasteiger partial charge in [-0.3, -0.25) is 14.8 Å². The molecule has 0 spiro atoms. The lowest BCUT2D eigenvalue weighted by Crippen LogP contribution is -2.52. The van der Waals surface area contributed by atoms with Crippen molar-refractivity contribution in [2.24, 2.45) is 11.7 Å². The van der Waals surface area contributed by atoms with Gasteiger partial charge in [-0.2, -0.15) is 0 Å². The average Bonchev–Trinajstić information content (AvgIpc) is 3.12. The third-order valence-electron chi connectivity index (χ3n) is 5.98. The second kappa shape index (κ2) is 10.8. The maximum atomic E-state index is 13.2. The number of hydroxylamine groups is 1. The molecule has 2 aromatic rings. The maximum Gasteiger partial charge on any atom is 0.266 e. The molecule has 2 unspecified atom stereocenters. The Bertz CT molecular complexity index is 946. The fourth-order valence-electron chi connectivity index (χ4n) is 4.14. The van der Waals surface area contributed by atoms with Crippen molar-refractivity contribution in [3.63, 3.8) is 0 Å². The number of benzene rings is 2. The van der Waals surface area contributed by atoms with Crippen LogP contribution < -0.4 is 16.0 Å². The van der Waals surface area contributed by atoms with E-state index in [1.54, 1.807) is 36.9 Å². The summed E-state index contributed by atoms with van der Waals surface area (Å²) < 4.78 is 11.0. The van der Waals surface area contributed by atoms with Crippen LogP contribution in [-0.4, -0.2) is 41.6 Å². The third-order valence-corrected chi connectivity index (χ3v) is 5.98. The highest BCUT2D eigenvalue weighted by molar-refractivity contribution is 5.94. The summed E-state index contributed by atoms with van der Waals surface area (Å²) in [5.74, 6) is -0.0784. The van der Waals surface area contributed by atoms with E-state index in [0.717, 1.165) is 11.1 Å². The summed E-state index contributed by atoms with van der Waals surface area (Å²) in [5.41, 5.74) is 9.80. The predicted molar refractivity (Wildman–Crippen MR) is 123 cm³/mol. The molecule has 1 aliphatic heterocycles. The van der Waals surface area contributed by atoms with Gasteiger partial charge < -0.3 is 20.1 Å². The molecule has 8 heteroatoms. The fraction of sp³-hybridized carbons (Fsp3) is 0.440. The zero-order valence-corrected chi connectivity index (χ0v) is 19.4. The maximum absolute atomic E-state index is 13.2. The van der Waals surface area contributed by atoms with Crippen molar-refractivity contribution in [3.05, 3.63) is 65.2 Å². The summed E-state index contributed by atoms with van der Waals surface area (Å²) in [6.07, 6.45) is 0.820. The number of hydrogen-bond donors (Lipinski definition) is 3. The molecule has 8 nitrogen and oxygen atoms in total. The first-order chi connectivity index (χ1) is 15.8. The van der Waals surface area contributed by atoms with Gasteiger partial charge in [0.05, 0.1) is 6.61 Å². The molecular weight excluding hydrogens is 422 g/mol. The van der Waals surface area contributed by atoms with Crippen molar-refractivity contribution < 1.29 is 24.3 Å². The van der Waals surface area contributed by atoms with E-state index in [1.807, 2.05) is 38.1 Å². The van der Waals surface area contributed by atoms with E-state index >= 15 is 0 Å². The van der Waals surface area contributed by atoms with Gasteiger partial charge >= 0.3 is 0 Å². The monoisotopic (exact) mass is 455 g/mol. The number of carbonyl (C=O) groups is 2. The van der Waals surface area contributed by atoms with E-state index in [0.29, 0.717) is 43.9 Å². The minimum Gasteiger partial charge on any atom is -0.489 e. The van der Waals surface area contributed by atoms with Crippen LogP contribution in [0.2, 0.25) is 0 Å². The summed E-state index contributed by atoms with van der Waals surface area (Å²) in [7, 11) is 1.67. The van der Waals surface area contributed by atoms with Crippen molar-refractivity contribution >= 4 is 11.8 Å². The molecular formula is C25H33N3O5. The van der Waals surface area contributed by atoms with Crippen molar-refractivity contribution in [2.75, 3.05) is 13.7 Å². The summed E-state index contributed by atoms with van der Waals surface area (Å²) in [6.45, 7) is 5.25. The number of carbonyl (C=O) groups excluding carboxylic acids is 2. The van der Waals surface area contributed by atoms with Crippen LogP contribution in [0, 0.1) is 5.92 Å². The molecule has 0 radical (unpaired) electrons. The van der Waals surface area contributed by atoms with E-state index < -0.39 is 17.5 Å². The molecule has 2 amide bonds. The molecule has 1 saturated heterocycles. The Balaban J connectivity index is 1.66. The van der Waals surface area contributed by atoms with Crippen LogP contribution in [0.3, 0.4) is 0 Å². The number of methoxy groups -OCH3 is 1. The number of nitrogens with two attached hydrogens (primary N) is 1. The molecule has 2 aromatic carbocycles. The number of likely N-dealkylation sites (tertiary alicyclic amines) is 1. The molecule has 1 aliphatic rings. The first kappa shape index (κ1) is 24.7. The van der Waals surface area contributed by atoms with E-state index in [2.05, 4.69) is 0 Å². The normalized spacial score (nSPS) is 19.1. The summed E-state index contributed by atoms with van der Waals surface area (Å²) in [6, 6.07) is 14.4. The van der Waals surface area contributed by atoms with Crippen LogP contribution in [0.5, 0.6) is 5.75 Å². The Morgan fingerprint density at radius 3 is 2.27 bits per heavy atom. The van der Waals surface area contributed by atoms with E-state index in [4.69, 9.17) is 20.4 Å². The fourth-order valence-corrected chi connectivity index (χ4v) is 4.14. The predicted octanol–water partition coefficient (Wildman–Crippen LogP) is 2.72. The average molecular weight is 456 g/mol. The smallest absolute Gasteiger partial charge is 0.266 e. The lowest BCUT2D eigenvalue weighted by atomic mass is 9.89. The van der Waals surface area contributed by atoms with Crippen LogP contribution in [0.4, 0.5) is 0 Å². The zero-order valence-electron chi connectivity index (χ0n) is 19.4. The first-order valence-electron chi connectivity index (χ1n) is 11.1. The number of ether oxygens (including phenoxy) is 2. The van der Waals surface area contributed by atoms with Crippen molar-refractivity contribution in [1.82, 2.24) is 10.4 Å². The number of nitrogens with zero attached hydrogens (tertiary/aromatic N) is 1. The Morgan fingerprint density at radius 2 is 1.73 bits per heavy atom. The van der Waals surface area contributed by atoms with Gasteiger partial charge in [0.25, 0.3) is 5.91 Å². The van der Waals surface area contributed by atoms with Gasteiger partial charge in [-0.25, -0.2) is 5.48 Å². The molecule has 4 N–H and O–H groups in total. The van der Waals surface area contributed by atoms with E-state index in [9.17, 15) is 9.59 Å². The van der Waals surface area contributed by atoms with Crippen molar-refractivity contribution in [2.45, 2.75) is 51.5 Å². The van der Waals surface area contributed by atoms with Gasteiger partial charge in [0, 0.05) is 13.7 Å². The highest BCUT2D eigenvalue weighted by Crippen LogP contribution is 2.34. The highest BCUT2D eigenvalue weighted by atomic mass is 16.5. The van der Waals surface area contributed by atoms with Crippen LogP contribution in [0.1, 0.15) is 43.4 Å². The summed E-state index contributed by atoms with van der Waals surface area (Å²) >= 11 is 0. The highest BCUT2D eigenvalue weighted by Gasteiger charge is 2.48. The quantitative estimate of drug-likeness (QED) is 0.375. The van der Waals surface area contributed by atoms with Gasteiger partial charge in [0.1, 0.15) is 23.9 Å². The van der Waals surface area contributed by atoms with Gasteiger partial charge in [-0.05, 0) is 47.6 Å². The number of rotatable bonds is 10. The van der Waals surface area contributed by atoms with Crippen LogP contribution >= 0.6 is 0 Å². The summed E-state index contributed by atoms with van der Waals surface area (Å²) in [5, 5.41) is 9.12. The third kappa shape index (κ3) is 5.71. The van der Waals surface area contributed by atoms with E-state index in [-0.39, 0.29) is 11.8 Å². The van der Waals surface area contributed by atoms with Crippen LogP contribution in [0.15, 0.2) is 48.5 Å². The zero-order chi connectivity index (χ0) is 24.0. The molecule has 178 valence electrons. The molecule has 0 saturated carbocycles. The van der Waals surface area contributed by atoms with Crippen LogP contribution in [0.25, 0.3) is 0 Å². The second-order valence-electron chi connectivity index (χ2n) is 8.90. The van der Waals surface area contributed by atoms with Gasteiger partial charge in [0.15, 0.2) is 0 Å². The summed E-state index contributed by atoms with van der Waals surface area (Å²) in [4.78, 5) is 26.9. The molecule has 0 aromatic heterocycles. The number of nitrogens with one attached hydrogen (secondary N) is 1. The topological polar surface area (TPSA) is 114 Å². The largest absolute Gasteiger partial charge is 0.489 e. The Hall–Kier alpha value is -2.94. The molecule has 1 heterocycles. The van der Waals surface area contributed by atoms with Gasteiger partial charge in [0.2, 0.25) is 5.91 Å². The Morgan fingerprint density at radius 1 is 1.12 bits per heavy atom. The Labute approximate surface area is 194 Å². The molecule has 2 atom stereocenters. The second-order valence-corrected chi connectivity index (χ2v) is 8.90. The van der Waals surface area contributed by atoms with Gasteiger partial charge in [-0.1, -0.05) is 50.2 Å². The first-order valence-corrected chi connectivity index (χ1v) is 11.1. The number of hydrogen-bond acceptors (Lipinski definition) is 6.